The first kappa shape index (κ1) is 20.1. The fourth-order valence-corrected chi connectivity index (χ4v) is 5.33. The maximum Gasteiger partial charge on any atom is 0.159 e. The summed E-state index contributed by atoms with van der Waals surface area (Å²) in [5, 5.41) is 4.46. The van der Waals surface area contributed by atoms with Crippen molar-refractivity contribution in [1.82, 2.24) is 14.1 Å². The molecule has 8 heteroatoms. The number of piperidine rings is 1. The van der Waals surface area contributed by atoms with Crippen LogP contribution >= 0.6 is 11.9 Å². The molecule has 0 radical (unpaired) electrons. The Morgan fingerprint density at radius 2 is 1.87 bits per heavy atom. The van der Waals surface area contributed by atoms with E-state index < -0.39 is 17.0 Å². The predicted molar refractivity (Wildman–Crippen MR) is 112 cm³/mol. The van der Waals surface area contributed by atoms with Crippen molar-refractivity contribution in [1.29, 1.82) is 0 Å². The monoisotopic (exact) mass is 441 g/mol. The van der Waals surface area contributed by atoms with Crippen LogP contribution < -0.4 is 0 Å². The van der Waals surface area contributed by atoms with Gasteiger partial charge in [0.15, 0.2) is 11.6 Å². The summed E-state index contributed by atoms with van der Waals surface area (Å²) in [6, 6.07) is 9.94. The van der Waals surface area contributed by atoms with E-state index in [2.05, 4.69) is 5.10 Å². The van der Waals surface area contributed by atoms with E-state index in [9.17, 15) is 18.0 Å². The van der Waals surface area contributed by atoms with Crippen LogP contribution in [0.15, 0.2) is 59.1 Å². The van der Waals surface area contributed by atoms with Crippen LogP contribution in [-0.4, -0.2) is 33.5 Å². The van der Waals surface area contributed by atoms with E-state index >= 15 is 0 Å². The van der Waals surface area contributed by atoms with Gasteiger partial charge in [-0.25, -0.2) is 22.2 Å². The van der Waals surface area contributed by atoms with Gasteiger partial charge in [0.1, 0.15) is 12.1 Å². The van der Waals surface area contributed by atoms with Crippen molar-refractivity contribution >= 4 is 24.3 Å². The van der Waals surface area contributed by atoms with Gasteiger partial charge in [-0.15, -0.1) is 0 Å². The fraction of sp³-hybridized carbons (Fsp3) is 0.217. The maximum absolute atomic E-state index is 13.6. The van der Waals surface area contributed by atoms with Crippen molar-refractivity contribution in [3.63, 3.8) is 0 Å². The molecule has 0 saturated carbocycles. The SMILES string of the molecule is O=CC12Cc3cnn(-c4ccc(F)cc4)c3C=C1CCN(Sc1ccc(F)c(F)c1)C2. The number of benzene rings is 2. The predicted octanol–water partition coefficient (Wildman–Crippen LogP) is 4.83. The van der Waals surface area contributed by atoms with Crippen LogP contribution in [0.3, 0.4) is 0 Å². The number of carbonyl (C=O) groups is 1. The third-order valence-corrected chi connectivity index (χ3v) is 6.89. The molecular weight excluding hydrogens is 423 g/mol. The minimum Gasteiger partial charge on any atom is -0.302 e. The number of aromatic nitrogens is 2. The van der Waals surface area contributed by atoms with E-state index in [-0.39, 0.29) is 5.82 Å². The second-order valence-electron chi connectivity index (χ2n) is 7.84. The minimum absolute atomic E-state index is 0.311. The van der Waals surface area contributed by atoms with Crippen molar-refractivity contribution in [2.75, 3.05) is 13.1 Å². The molecule has 2 aliphatic rings. The molecule has 0 spiro atoms. The Kier molecular flexibility index (Phi) is 4.98. The Labute approximate surface area is 181 Å². The number of fused-ring (bicyclic) bond motifs is 2. The third-order valence-electron chi connectivity index (χ3n) is 5.85. The van der Waals surface area contributed by atoms with E-state index in [0.717, 1.165) is 34.9 Å². The summed E-state index contributed by atoms with van der Waals surface area (Å²) in [5.74, 6) is -2.08. The van der Waals surface area contributed by atoms with Gasteiger partial charge in [-0.2, -0.15) is 5.10 Å². The molecule has 2 aromatic carbocycles. The summed E-state index contributed by atoms with van der Waals surface area (Å²) in [6.45, 7) is 1.14. The summed E-state index contributed by atoms with van der Waals surface area (Å²) in [5.41, 5.74) is 2.94. The lowest BCUT2D eigenvalue weighted by atomic mass is 9.70. The molecule has 1 unspecified atom stereocenters. The highest BCUT2D eigenvalue weighted by Crippen LogP contribution is 2.45. The van der Waals surface area contributed by atoms with Gasteiger partial charge >= 0.3 is 0 Å². The average molecular weight is 441 g/mol. The van der Waals surface area contributed by atoms with Gasteiger partial charge in [0.2, 0.25) is 0 Å². The molecule has 3 aromatic rings. The lowest BCUT2D eigenvalue weighted by Gasteiger charge is -2.42. The molecule has 1 aromatic heterocycles. The van der Waals surface area contributed by atoms with Gasteiger partial charge in [-0.1, -0.05) is 5.57 Å². The van der Waals surface area contributed by atoms with E-state index in [1.807, 2.05) is 10.4 Å². The molecule has 1 saturated heterocycles. The summed E-state index contributed by atoms with van der Waals surface area (Å²) < 4.78 is 43.9. The first-order valence-electron chi connectivity index (χ1n) is 9.86. The molecule has 0 N–H and O–H groups in total. The smallest absolute Gasteiger partial charge is 0.159 e. The molecule has 1 fully saturated rings. The average Bonchev–Trinajstić information content (AvgIpc) is 3.17. The van der Waals surface area contributed by atoms with Gasteiger partial charge in [-0.3, -0.25) is 0 Å². The quantitative estimate of drug-likeness (QED) is 0.430. The lowest BCUT2D eigenvalue weighted by molar-refractivity contribution is -0.115. The summed E-state index contributed by atoms with van der Waals surface area (Å²) in [6.07, 6.45) is 5.94. The zero-order valence-electron chi connectivity index (χ0n) is 16.4. The normalized spacial score (nSPS) is 20.7. The molecule has 1 aliphatic carbocycles. The highest BCUT2D eigenvalue weighted by atomic mass is 32.2. The number of aldehydes is 1. The third kappa shape index (κ3) is 3.59. The minimum atomic E-state index is -0.886. The van der Waals surface area contributed by atoms with E-state index in [1.165, 1.54) is 36.2 Å². The zero-order chi connectivity index (χ0) is 21.6. The molecule has 1 aliphatic heterocycles. The molecule has 2 heterocycles. The Bertz CT molecular complexity index is 1190. The molecule has 31 heavy (non-hydrogen) atoms. The van der Waals surface area contributed by atoms with Crippen LogP contribution in [-0.2, 0) is 11.2 Å². The number of hydrogen-bond acceptors (Lipinski definition) is 4. The van der Waals surface area contributed by atoms with Crippen LogP contribution in [0.4, 0.5) is 13.2 Å². The Hall–Kier alpha value is -2.84. The number of halogens is 3. The van der Waals surface area contributed by atoms with Crippen molar-refractivity contribution in [2.45, 2.75) is 17.7 Å². The zero-order valence-corrected chi connectivity index (χ0v) is 17.2. The number of hydrogen-bond donors (Lipinski definition) is 0. The Morgan fingerprint density at radius 3 is 2.61 bits per heavy atom. The summed E-state index contributed by atoms with van der Waals surface area (Å²) in [4.78, 5) is 12.9. The molecule has 4 nitrogen and oxygen atoms in total. The maximum atomic E-state index is 13.6. The second-order valence-corrected chi connectivity index (χ2v) is 9.01. The number of carbonyl (C=O) groups excluding carboxylic acids is 1. The Morgan fingerprint density at radius 1 is 1.06 bits per heavy atom. The molecule has 1 atom stereocenters. The largest absolute Gasteiger partial charge is 0.302 e. The summed E-state index contributed by atoms with van der Waals surface area (Å²) in [7, 11) is 0. The van der Waals surface area contributed by atoms with Gasteiger partial charge in [0.25, 0.3) is 0 Å². The number of rotatable bonds is 4. The van der Waals surface area contributed by atoms with Crippen LogP contribution in [0, 0.1) is 22.9 Å². The molecular formula is C23H18F3N3OS. The van der Waals surface area contributed by atoms with Crippen molar-refractivity contribution in [3.05, 3.63) is 82.9 Å². The van der Waals surface area contributed by atoms with Crippen molar-refractivity contribution in [2.24, 2.45) is 5.41 Å². The van der Waals surface area contributed by atoms with Gasteiger partial charge in [-0.05, 0) is 78.9 Å². The van der Waals surface area contributed by atoms with Gasteiger partial charge in [0.05, 0.1) is 23.0 Å². The van der Waals surface area contributed by atoms with E-state index in [0.29, 0.717) is 30.8 Å². The fourth-order valence-electron chi connectivity index (χ4n) is 4.26. The lowest BCUT2D eigenvalue weighted by Crippen LogP contribution is -2.45. The van der Waals surface area contributed by atoms with E-state index in [4.69, 9.17) is 0 Å². The molecule has 0 bridgehead atoms. The second kappa shape index (κ2) is 7.69. The van der Waals surface area contributed by atoms with Crippen LogP contribution in [0.1, 0.15) is 17.7 Å². The van der Waals surface area contributed by atoms with Crippen LogP contribution in [0.25, 0.3) is 11.8 Å². The Balaban J connectivity index is 1.42. The van der Waals surface area contributed by atoms with Crippen LogP contribution in [0.5, 0.6) is 0 Å². The van der Waals surface area contributed by atoms with E-state index in [1.54, 1.807) is 23.0 Å². The molecule has 0 amide bonds. The first-order valence-corrected chi connectivity index (χ1v) is 10.6. The van der Waals surface area contributed by atoms with Gasteiger partial charge in [0, 0.05) is 18.0 Å². The number of nitrogens with zero attached hydrogens (tertiary/aromatic N) is 3. The topological polar surface area (TPSA) is 38.1 Å². The standard InChI is InChI=1S/C23H18F3N3OS/c24-17-1-3-18(4-2-17)29-22-9-16-7-8-28(31-19-5-6-20(25)21(26)10-19)13-23(16,14-30)11-15(22)12-27-29/h1-6,9-10,12,14H,7-8,11,13H2. The van der Waals surface area contributed by atoms with Crippen molar-refractivity contribution in [3.8, 4) is 5.69 Å². The highest BCUT2D eigenvalue weighted by molar-refractivity contribution is 7.97. The van der Waals surface area contributed by atoms with Crippen LogP contribution in [0.2, 0.25) is 0 Å². The van der Waals surface area contributed by atoms with Crippen molar-refractivity contribution < 1.29 is 18.0 Å². The van der Waals surface area contributed by atoms with Gasteiger partial charge < -0.3 is 4.79 Å². The molecule has 5 rings (SSSR count). The molecule has 158 valence electrons. The summed E-state index contributed by atoms with van der Waals surface area (Å²) >= 11 is 1.33. The first-order chi connectivity index (χ1) is 15.0. The highest BCUT2D eigenvalue weighted by Gasteiger charge is 2.43.